The standard InChI is InChI=1S/C12H18BrN.C7H8BrN.C4H10ClN.CH4.ClH/c1-10-9-11(6-7-12(10)13)5-4-8-14(2)3;1-5-4-6(9)2-3-7(5)8;1-6(2)4-3-5;;/h6-7,9H,4-5,8H2,1-3H3;2-4H,9H2,1H3;3-4H2,1-2H3;1H4;1H. The molecular weight excluding hydrogens is 561 g/mol. The van der Waals surface area contributed by atoms with E-state index in [1.807, 2.05) is 44.1 Å². The van der Waals surface area contributed by atoms with Gasteiger partial charge in [-0.2, -0.15) is 0 Å². The predicted octanol–water partition coefficient (Wildman–Crippen LogP) is 7.44. The molecule has 0 aromatic heterocycles. The maximum Gasteiger partial charge on any atom is 0.0350 e. The molecule has 0 spiro atoms. The molecular formula is C24H41Br2Cl2N3. The number of aryl methyl sites for hydroxylation is 3. The van der Waals surface area contributed by atoms with E-state index < -0.39 is 0 Å². The highest BCUT2D eigenvalue weighted by Gasteiger charge is 1.98. The average Bonchev–Trinajstić information content (AvgIpc) is 2.62. The Morgan fingerprint density at radius 1 is 0.839 bits per heavy atom. The van der Waals surface area contributed by atoms with Crippen LogP contribution in [0.5, 0.6) is 0 Å². The van der Waals surface area contributed by atoms with Gasteiger partial charge in [0.2, 0.25) is 0 Å². The van der Waals surface area contributed by atoms with Crippen LogP contribution in [0.2, 0.25) is 0 Å². The second-order valence-electron chi connectivity index (χ2n) is 7.49. The molecule has 0 atom stereocenters. The highest BCUT2D eigenvalue weighted by atomic mass is 79.9. The first-order chi connectivity index (χ1) is 13.6. The van der Waals surface area contributed by atoms with Crippen LogP contribution < -0.4 is 5.73 Å². The number of hydrogen-bond donors (Lipinski definition) is 1. The lowest BCUT2D eigenvalue weighted by atomic mass is 10.1. The minimum absolute atomic E-state index is 0. The molecule has 0 saturated carbocycles. The molecule has 0 aliphatic rings. The first-order valence-electron chi connectivity index (χ1n) is 9.68. The Labute approximate surface area is 219 Å². The monoisotopic (exact) mass is 599 g/mol. The molecule has 7 heteroatoms. The van der Waals surface area contributed by atoms with Gasteiger partial charge in [-0.3, -0.25) is 0 Å². The molecule has 0 saturated heterocycles. The van der Waals surface area contributed by atoms with Crippen molar-refractivity contribution in [3.05, 3.63) is 62.0 Å². The van der Waals surface area contributed by atoms with Gasteiger partial charge in [0, 0.05) is 27.1 Å². The molecule has 2 aromatic rings. The molecule has 0 unspecified atom stereocenters. The number of anilines is 1. The Morgan fingerprint density at radius 2 is 1.32 bits per heavy atom. The molecule has 0 radical (unpaired) electrons. The lowest BCUT2D eigenvalue weighted by Crippen LogP contribution is -2.13. The molecule has 0 bridgehead atoms. The average molecular weight is 602 g/mol. The van der Waals surface area contributed by atoms with Crippen LogP contribution in [0.4, 0.5) is 5.69 Å². The normalized spacial score (nSPS) is 9.65. The van der Waals surface area contributed by atoms with Crippen LogP contribution in [0.1, 0.15) is 30.5 Å². The van der Waals surface area contributed by atoms with Gasteiger partial charge in [-0.1, -0.05) is 51.4 Å². The second-order valence-corrected chi connectivity index (χ2v) is 9.58. The Balaban J connectivity index is -0.000000401. The highest BCUT2D eigenvalue weighted by Crippen LogP contribution is 2.18. The van der Waals surface area contributed by atoms with Gasteiger partial charge < -0.3 is 15.5 Å². The van der Waals surface area contributed by atoms with Crippen LogP contribution in [0.15, 0.2) is 45.3 Å². The molecule has 0 aliphatic carbocycles. The molecule has 180 valence electrons. The van der Waals surface area contributed by atoms with Crippen LogP contribution in [0.3, 0.4) is 0 Å². The fourth-order valence-corrected chi connectivity index (χ4v) is 3.13. The fraction of sp³-hybridized carbons (Fsp3) is 0.500. The number of halogens is 4. The smallest absolute Gasteiger partial charge is 0.0350 e. The van der Waals surface area contributed by atoms with Gasteiger partial charge in [0.1, 0.15) is 0 Å². The van der Waals surface area contributed by atoms with E-state index in [4.69, 9.17) is 17.3 Å². The number of nitrogens with two attached hydrogens (primary N) is 1. The molecule has 2 aromatic carbocycles. The lowest BCUT2D eigenvalue weighted by Gasteiger charge is -2.09. The van der Waals surface area contributed by atoms with E-state index in [1.54, 1.807) is 0 Å². The lowest BCUT2D eigenvalue weighted by molar-refractivity contribution is 0.400. The summed E-state index contributed by atoms with van der Waals surface area (Å²) in [6.45, 7) is 6.29. The van der Waals surface area contributed by atoms with Gasteiger partial charge in [0.15, 0.2) is 0 Å². The molecule has 3 nitrogen and oxygen atoms in total. The Bertz CT molecular complexity index is 711. The molecule has 0 aliphatic heterocycles. The van der Waals surface area contributed by atoms with Crippen molar-refractivity contribution in [1.82, 2.24) is 9.80 Å². The van der Waals surface area contributed by atoms with E-state index in [0.717, 1.165) is 29.1 Å². The number of alkyl halides is 1. The van der Waals surface area contributed by atoms with Crippen molar-refractivity contribution in [2.75, 3.05) is 52.9 Å². The van der Waals surface area contributed by atoms with Gasteiger partial charge in [-0.15, -0.1) is 24.0 Å². The summed E-state index contributed by atoms with van der Waals surface area (Å²) in [4.78, 5) is 4.28. The summed E-state index contributed by atoms with van der Waals surface area (Å²) in [5.41, 5.74) is 10.3. The maximum absolute atomic E-state index is 5.51. The highest BCUT2D eigenvalue weighted by molar-refractivity contribution is 9.10. The minimum atomic E-state index is 0. The first kappa shape index (κ1) is 35.3. The zero-order valence-electron chi connectivity index (χ0n) is 19.0. The SMILES string of the molecule is C.CN(C)CCCl.Cc1cc(CCCN(C)C)ccc1Br.Cc1cc(N)ccc1Br.Cl. The molecule has 2 N–H and O–H groups in total. The molecule has 0 amide bonds. The van der Waals surface area contributed by atoms with Gasteiger partial charge >= 0.3 is 0 Å². The van der Waals surface area contributed by atoms with E-state index in [2.05, 4.69) is 76.0 Å². The number of hydrogen-bond acceptors (Lipinski definition) is 3. The first-order valence-corrected chi connectivity index (χ1v) is 11.8. The van der Waals surface area contributed by atoms with Crippen molar-refractivity contribution in [3.8, 4) is 0 Å². The van der Waals surface area contributed by atoms with E-state index in [-0.39, 0.29) is 19.8 Å². The number of nitrogens with zero attached hydrogens (tertiary/aromatic N) is 2. The Morgan fingerprint density at radius 3 is 1.68 bits per heavy atom. The predicted molar refractivity (Wildman–Crippen MR) is 152 cm³/mol. The summed E-state index contributed by atoms with van der Waals surface area (Å²) < 4.78 is 2.31. The summed E-state index contributed by atoms with van der Waals surface area (Å²) in [6.07, 6.45) is 2.40. The van der Waals surface area contributed by atoms with Crippen LogP contribution in [0, 0.1) is 13.8 Å². The van der Waals surface area contributed by atoms with Gasteiger partial charge in [0.05, 0.1) is 0 Å². The minimum Gasteiger partial charge on any atom is -0.399 e. The van der Waals surface area contributed by atoms with Crippen molar-refractivity contribution in [2.45, 2.75) is 34.1 Å². The Kier molecular flexibility index (Phi) is 23.1. The molecule has 0 heterocycles. The topological polar surface area (TPSA) is 32.5 Å². The van der Waals surface area contributed by atoms with Crippen molar-refractivity contribution >= 4 is 61.6 Å². The van der Waals surface area contributed by atoms with Crippen molar-refractivity contribution in [2.24, 2.45) is 0 Å². The van der Waals surface area contributed by atoms with Crippen molar-refractivity contribution in [3.63, 3.8) is 0 Å². The van der Waals surface area contributed by atoms with Gasteiger partial charge in [-0.25, -0.2) is 0 Å². The van der Waals surface area contributed by atoms with Crippen LogP contribution in [-0.2, 0) is 6.42 Å². The summed E-state index contributed by atoms with van der Waals surface area (Å²) >= 11 is 12.2. The van der Waals surface area contributed by atoms with E-state index in [1.165, 1.54) is 34.0 Å². The molecule has 31 heavy (non-hydrogen) atoms. The van der Waals surface area contributed by atoms with Crippen LogP contribution in [0.25, 0.3) is 0 Å². The zero-order valence-corrected chi connectivity index (χ0v) is 23.8. The fourth-order valence-electron chi connectivity index (χ4n) is 2.30. The van der Waals surface area contributed by atoms with E-state index in [9.17, 15) is 0 Å². The van der Waals surface area contributed by atoms with Gasteiger partial charge in [-0.05, 0) is 102 Å². The molecule has 0 fully saturated rings. The largest absolute Gasteiger partial charge is 0.399 e. The van der Waals surface area contributed by atoms with Crippen LogP contribution >= 0.6 is 55.9 Å². The third kappa shape index (κ3) is 18.9. The summed E-state index contributed by atoms with van der Waals surface area (Å²) in [5.74, 6) is 0.729. The van der Waals surface area contributed by atoms with E-state index in [0.29, 0.717) is 0 Å². The molecule has 2 rings (SSSR count). The van der Waals surface area contributed by atoms with Crippen molar-refractivity contribution < 1.29 is 0 Å². The second kappa shape index (κ2) is 20.3. The quantitative estimate of drug-likeness (QED) is 0.276. The van der Waals surface area contributed by atoms with Gasteiger partial charge in [0.25, 0.3) is 0 Å². The third-order valence-corrected chi connectivity index (χ3v) is 5.96. The maximum atomic E-state index is 5.51. The Hall–Kier alpha value is -0.300. The number of rotatable bonds is 6. The van der Waals surface area contributed by atoms with Crippen LogP contribution in [-0.4, -0.2) is 57.0 Å². The summed E-state index contributed by atoms with van der Waals surface area (Å²) in [6, 6.07) is 12.4. The summed E-state index contributed by atoms with van der Waals surface area (Å²) in [7, 11) is 8.24. The number of benzene rings is 2. The van der Waals surface area contributed by atoms with E-state index >= 15 is 0 Å². The number of nitrogen functional groups attached to an aromatic ring is 1. The third-order valence-electron chi connectivity index (χ3n) is 4.01. The summed E-state index contributed by atoms with van der Waals surface area (Å²) in [5, 5.41) is 0. The zero-order chi connectivity index (χ0) is 22.4. The van der Waals surface area contributed by atoms with Crippen molar-refractivity contribution in [1.29, 1.82) is 0 Å².